The molecule has 2 aromatic heterocycles. The summed E-state index contributed by atoms with van der Waals surface area (Å²) in [6.07, 6.45) is -1.95. The van der Waals surface area contributed by atoms with Gasteiger partial charge in [-0.25, -0.2) is 4.98 Å². The van der Waals surface area contributed by atoms with E-state index in [1.165, 1.54) is 16.7 Å². The molecule has 2 rings (SSSR count). The van der Waals surface area contributed by atoms with Crippen molar-refractivity contribution in [2.24, 2.45) is 0 Å². The zero-order valence-electron chi connectivity index (χ0n) is 9.52. The lowest BCUT2D eigenvalue weighted by Gasteiger charge is -2.05. The largest absolute Gasteiger partial charge is 0.481 e. The normalized spacial score (nSPS) is 11.9. The van der Waals surface area contributed by atoms with Crippen LogP contribution in [-0.2, 0) is 16.7 Å². The van der Waals surface area contributed by atoms with Gasteiger partial charge >= 0.3 is 12.1 Å². The van der Waals surface area contributed by atoms with Crippen molar-refractivity contribution in [2.75, 3.05) is 5.75 Å². The van der Waals surface area contributed by atoms with Crippen LogP contribution in [0.5, 0.6) is 0 Å². The molecule has 1 N–H and O–H groups in total. The number of pyridine rings is 1. The number of hydrogen-bond acceptors (Lipinski definition) is 3. The first-order valence-electron chi connectivity index (χ1n) is 5.20. The number of alkyl halides is 3. The molecule has 19 heavy (non-hydrogen) atoms. The molecule has 0 aliphatic heterocycles. The van der Waals surface area contributed by atoms with Crippen LogP contribution >= 0.6 is 11.8 Å². The van der Waals surface area contributed by atoms with E-state index in [1.807, 2.05) is 0 Å². The fourth-order valence-electron chi connectivity index (χ4n) is 1.52. The van der Waals surface area contributed by atoms with Crippen molar-refractivity contribution in [3.05, 3.63) is 35.8 Å². The fraction of sp³-hybridized carbons (Fsp3) is 0.273. The second kappa shape index (κ2) is 5.12. The average molecular weight is 290 g/mol. The Morgan fingerprint density at radius 1 is 1.37 bits per heavy atom. The van der Waals surface area contributed by atoms with Gasteiger partial charge in [-0.1, -0.05) is 0 Å². The zero-order valence-corrected chi connectivity index (χ0v) is 10.3. The highest BCUT2D eigenvalue weighted by Gasteiger charge is 2.30. The molecule has 0 spiro atoms. The van der Waals surface area contributed by atoms with Crippen LogP contribution in [0.2, 0.25) is 0 Å². The van der Waals surface area contributed by atoms with Crippen molar-refractivity contribution in [1.29, 1.82) is 0 Å². The van der Waals surface area contributed by atoms with Gasteiger partial charge in [0, 0.05) is 18.1 Å². The maximum atomic E-state index is 12.5. The minimum atomic E-state index is -4.39. The molecule has 0 aliphatic carbocycles. The van der Waals surface area contributed by atoms with Gasteiger partial charge in [0.05, 0.1) is 17.0 Å². The predicted molar refractivity (Wildman–Crippen MR) is 64.0 cm³/mol. The second-order valence-electron chi connectivity index (χ2n) is 3.80. The number of hydrogen-bond donors (Lipinski definition) is 1. The quantitative estimate of drug-likeness (QED) is 0.940. The molecule has 2 aromatic rings. The summed E-state index contributed by atoms with van der Waals surface area (Å²) in [5.41, 5.74) is 0.201. The highest BCUT2D eigenvalue weighted by atomic mass is 32.2. The van der Waals surface area contributed by atoms with E-state index in [4.69, 9.17) is 5.11 Å². The molecule has 4 nitrogen and oxygen atoms in total. The third-order valence-corrected chi connectivity index (χ3v) is 3.25. The number of aromatic nitrogens is 2. The lowest BCUT2D eigenvalue weighted by atomic mass is 10.3. The Morgan fingerprint density at radius 3 is 2.74 bits per heavy atom. The summed E-state index contributed by atoms with van der Waals surface area (Å²) in [5.74, 6) is -0.662. The predicted octanol–water partition coefficient (Wildman–Crippen LogP) is 2.67. The number of thioether (sulfide) groups is 1. The Balaban J connectivity index is 2.18. The molecule has 0 unspecified atom stereocenters. The summed E-state index contributed by atoms with van der Waals surface area (Å²) < 4.78 is 38.8. The van der Waals surface area contributed by atoms with E-state index in [1.54, 1.807) is 0 Å². The Bertz CT molecular complexity index is 609. The van der Waals surface area contributed by atoms with Gasteiger partial charge in [-0.05, 0) is 12.1 Å². The van der Waals surface area contributed by atoms with E-state index in [9.17, 15) is 18.0 Å². The number of nitrogens with zero attached hydrogens (tertiary/aromatic N) is 2. The summed E-state index contributed by atoms with van der Waals surface area (Å²) in [4.78, 5) is 14.5. The SMILES string of the molecule is O=C(O)CSCc1cn2cc(C(F)(F)F)ccc2n1. The first kappa shape index (κ1) is 13.7. The minimum Gasteiger partial charge on any atom is -0.481 e. The Labute approximate surface area is 110 Å². The van der Waals surface area contributed by atoms with E-state index in [-0.39, 0.29) is 5.75 Å². The highest BCUT2D eigenvalue weighted by Crippen LogP contribution is 2.29. The van der Waals surface area contributed by atoms with Gasteiger partial charge in [0.1, 0.15) is 5.65 Å². The van der Waals surface area contributed by atoms with Crippen molar-refractivity contribution in [2.45, 2.75) is 11.9 Å². The van der Waals surface area contributed by atoms with Crippen LogP contribution in [-0.4, -0.2) is 26.2 Å². The fourth-order valence-corrected chi connectivity index (χ4v) is 2.15. The van der Waals surface area contributed by atoms with E-state index >= 15 is 0 Å². The summed E-state index contributed by atoms with van der Waals surface area (Å²) in [7, 11) is 0. The van der Waals surface area contributed by atoms with Gasteiger partial charge in [-0.2, -0.15) is 13.2 Å². The van der Waals surface area contributed by atoms with E-state index in [0.29, 0.717) is 17.1 Å². The molecule has 8 heteroatoms. The first-order valence-corrected chi connectivity index (χ1v) is 6.36. The van der Waals surface area contributed by atoms with Gasteiger partial charge < -0.3 is 9.51 Å². The van der Waals surface area contributed by atoms with E-state index in [0.717, 1.165) is 24.0 Å². The lowest BCUT2D eigenvalue weighted by molar-refractivity contribution is -0.138. The second-order valence-corrected chi connectivity index (χ2v) is 4.79. The number of rotatable bonds is 4. The van der Waals surface area contributed by atoms with Crippen LogP contribution in [0.1, 0.15) is 11.3 Å². The van der Waals surface area contributed by atoms with Crippen molar-refractivity contribution in [1.82, 2.24) is 9.38 Å². The zero-order chi connectivity index (χ0) is 14.0. The van der Waals surface area contributed by atoms with Crippen molar-refractivity contribution in [3.63, 3.8) is 0 Å². The Kier molecular flexibility index (Phi) is 3.70. The number of carbonyl (C=O) groups is 1. The molecule has 0 amide bonds. The van der Waals surface area contributed by atoms with Crippen LogP contribution in [0.25, 0.3) is 5.65 Å². The molecular weight excluding hydrogens is 281 g/mol. The van der Waals surface area contributed by atoms with Gasteiger partial charge in [-0.15, -0.1) is 11.8 Å². The van der Waals surface area contributed by atoms with Crippen LogP contribution in [0.15, 0.2) is 24.5 Å². The highest BCUT2D eigenvalue weighted by molar-refractivity contribution is 7.99. The molecule has 0 atom stereocenters. The van der Waals surface area contributed by atoms with Crippen molar-refractivity contribution >= 4 is 23.4 Å². The Morgan fingerprint density at radius 2 is 2.11 bits per heavy atom. The summed E-state index contributed by atoms with van der Waals surface area (Å²) in [6, 6.07) is 2.25. The number of aliphatic carboxylic acids is 1. The topological polar surface area (TPSA) is 54.6 Å². The van der Waals surface area contributed by atoms with Crippen LogP contribution in [0, 0.1) is 0 Å². The third-order valence-electron chi connectivity index (χ3n) is 2.30. The standard InChI is InChI=1S/C11H9F3N2O2S/c12-11(13,14)7-1-2-9-15-8(4-16(9)3-7)5-19-6-10(17)18/h1-4H,5-6H2,(H,17,18). The van der Waals surface area contributed by atoms with Crippen LogP contribution < -0.4 is 0 Å². The smallest absolute Gasteiger partial charge is 0.417 e. The molecular formula is C11H9F3N2O2S. The molecule has 0 aromatic carbocycles. The average Bonchev–Trinajstić information content (AvgIpc) is 2.68. The van der Waals surface area contributed by atoms with Crippen molar-refractivity contribution in [3.8, 4) is 0 Å². The van der Waals surface area contributed by atoms with Gasteiger partial charge in [0.15, 0.2) is 0 Å². The van der Waals surface area contributed by atoms with Gasteiger partial charge in [0.2, 0.25) is 0 Å². The van der Waals surface area contributed by atoms with Gasteiger partial charge in [0.25, 0.3) is 0 Å². The number of imidazole rings is 1. The molecule has 0 saturated carbocycles. The molecule has 2 heterocycles. The molecule has 0 bridgehead atoms. The summed E-state index contributed by atoms with van der Waals surface area (Å²) in [5, 5.41) is 8.49. The molecule has 0 fully saturated rings. The number of carboxylic acids is 1. The van der Waals surface area contributed by atoms with Gasteiger partial charge in [-0.3, -0.25) is 4.79 Å². The third kappa shape index (κ3) is 3.40. The van der Waals surface area contributed by atoms with Crippen LogP contribution in [0.3, 0.4) is 0 Å². The van der Waals surface area contributed by atoms with E-state index < -0.39 is 17.7 Å². The number of carboxylic acid groups (broad SMARTS) is 1. The summed E-state index contributed by atoms with van der Waals surface area (Å²) >= 11 is 1.14. The first-order chi connectivity index (χ1) is 8.86. The minimum absolute atomic E-state index is 0.0678. The van der Waals surface area contributed by atoms with Crippen molar-refractivity contribution < 1.29 is 23.1 Å². The monoisotopic (exact) mass is 290 g/mol. The summed E-state index contributed by atoms with van der Waals surface area (Å²) in [6.45, 7) is 0. The molecule has 0 radical (unpaired) electrons. The van der Waals surface area contributed by atoms with Crippen LogP contribution in [0.4, 0.5) is 13.2 Å². The lowest BCUT2D eigenvalue weighted by Crippen LogP contribution is -2.05. The Hall–Kier alpha value is -1.70. The number of halogens is 3. The molecule has 0 saturated heterocycles. The maximum Gasteiger partial charge on any atom is 0.417 e. The van der Waals surface area contributed by atoms with E-state index in [2.05, 4.69) is 4.98 Å². The molecule has 0 aliphatic rings. The maximum absolute atomic E-state index is 12.5. The molecule has 102 valence electrons. The number of fused-ring (bicyclic) bond motifs is 1.